The van der Waals surface area contributed by atoms with Crippen molar-refractivity contribution in [2.45, 2.75) is 63.6 Å². The van der Waals surface area contributed by atoms with Crippen molar-refractivity contribution in [3.63, 3.8) is 0 Å². The molecular formula is C36H42N2O6. The molecule has 3 unspecified atom stereocenters. The molecule has 0 saturated carbocycles. The van der Waals surface area contributed by atoms with Crippen molar-refractivity contribution >= 4 is 17.8 Å². The smallest absolute Gasteiger partial charge is 0.305 e. The molecule has 1 heterocycles. The zero-order valence-electron chi connectivity index (χ0n) is 25.0. The normalized spacial score (nSPS) is 18.8. The molecule has 0 saturated heterocycles. The number of hydrogen-bond donors (Lipinski definition) is 3. The minimum absolute atomic E-state index is 0.0199. The standard InChI is InChI=1S/C36H42N2O6/c39-24-31(22-27-18-20-32(21-19-27)43-25-28-12-6-4-7-13-28)37-34(40)23-30-16-8-2-1-3-11-17-35(41)44-26-33(38-36(30)42)29-14-9-5-10-15-29/h2,4-10,12-15,18-21,30-31,33,39H,1,3,11,16-17,22-26H2,(H,37,40)(H,38,42). The molecule has 1 aliphatic rings. The van der Waals surface area contributed by atoms with Gasteiger partial charge in [-0.15, -0.1) is 0 Å². The van der Waals surface area contributed by atoms with E-state index < -0.39 is 18.0 Å². The molecule has 0 radical (unpaired) electrons. The molecule has 232 valence electrons. The molecule has 0 bridgehead atoms. The van der Waals surface area contributed by atoms with Crippen LogP contribution in [0.15, 0.2) is 97.1 Å². The van der Waals surface area contributed by atoms with Crippen molar-refractivity contribution in [3.05, 3.63) is 114 Å². The van der Waals surface area contributed by atoms with E-state index in [2.05, 4.69) is 10.6 Å². The van der Waals surface area contributed by atoms with Crippen LogP contribution in [-0.4, -0.2) is 42.1 Å². The van der Waals surface area contributed by atoms with Crippen LogP contribution in [0.5, 0.6) is 5.75 Å². The zero-order valence-corrected chi connectivity index (χ0v) is 25.0. The van der Waals surface area contributed by atoms with Gasteiger partial charge in [0.1, 0.15) is 19.0 Å². The van der Waals surface area contributed by atoms with E-state index in [1.165, 1.54) is 0 Å². The maximum atomic E-state index is 13.5. The van der Waals surface area contributed by atoms with Gasteiger partial charge in [-0.2, -0.15) is 0 Å². The van der Waals surface area contributed by atoms with Gasteiger partial charge in [-0.1, -0.05) is 84.9 Å². The molecule has 4 rings (SSSR count). The Morgan fingerprint density at radius 3 is 2.39 bits per heavy atom. The molecule has 3 N–H and O–H groups in total. The largest absolute Gasteiger partial charge is 0.489 e. The van der Waals surface area contributed by atoms with E-state index in [1.54, 1.807) is 0 Å². The van der Waals surface area contributed by atoms with Gasteiger partial charge in [-0.05, 0) is 60.9 Å². The molecule has 3 atom stereocenters. The Bertz CT molecular complexity index is 1340. The summed E-state index contributed by atoms with van der Waals surface area (Å²) in [4.78, 5) is 38.9. The first-order valence-corrected chi connectivity index (χ1v) is 15.3. The second kappa shape index (κ2) is 17.6. The van der Waals surface area contributed by atoms with Crippen LogP contribution >= 0.6 is 0 Å². The molecule has 8 heteroatoms. The highest BCUT2D eigenvalue weighted by molar-refractivity contribution is 5.86. The third kappa shape index (κ3) is 11.0. The lowest BCUT2D eigenvalue weighted by Gasteiger charge is -2.23. The second-order valence-electron chi connectivity index (χ2n) is 11.1. The maximum Gasteiger partial charge on any atom is 0.305 e. The summed E-state index contributed by atoms with van der Waals surface area (Å²) in [7, 11) is 0. The Morgan fingerprint density at radius 2 is 1.66 bits per heavy atom. The van der Waals surface area contributed by atoms with Gasteiger partial charge in [0.25, 0.3) is 0 Å². The predicted molar refractivity (Wildman–Crippen MR) is 169 cm³/mol. The molecule has 44 heavy (non-hydrogen) atoms. The van der Waals surface area contributed by atoms with Crippen molar-refractivity contribution < 1.29 is 29.0 Å². The number of carbonyl (C=O) groups excluding carboxylic acids is 3. The van der Waals surface area contributed by atoms with Gasteiger partial charge in [0.05, 0.1) is 24.6 Å². The number of ether oxygens (including phenoxy) is 2. The highest BCUT2D eigenvalue weighted by Crippen LogP contribution is 2.19. The molecular weight excluding hydrogens is 556 g/mol. The zero-order chi connectivity index (χ0) is 31.0. The summed E-state index contributed by atoms with van der Waals surface area (Å²) < 4.78 is 11.4. The summed E-state index contributed by atoms with van der Waals surface area (Å²) in [5, 5.41) is 15.9. The number of amides is 2. The number of aliphatic hydroxyl groups excluding tert-OH is 1. The lowest BCUT2D eigenvalue weighted by atomic mass is 9.97. The van der Waals surface area contributed by atoms with E-state index in [9.17, 15) is 19.5 Å². The molecule has 3 aromatic carbocycles. The third-order valence-electron chi connectivity index (χ3n) is 7.56. The lowest BCUT2D eigenvalue weighted by molar-refractivity contribution is -0.145. The van der Waals surface area contributed by atoms with Crippen LogP contribution in [0.1, 0.15) is 61.3 Å². The summed E-state index contributed by atoms with van der Waals surface area (Å²) in [5.41, 5.74) is 2.84. The first-order valence-electron chi connectivity index (χ1n) is 15.3. The molecule has 8 nitrogen and oxygen atoms in total. The molecule has 2 amide bonds. The van der Waals surface area contributed by atoms with E-state index in [1.807, 2.05) is 97.1 Å². The van der Waals surface area contributed by atoms with Crippen LogP contribution in [0.4, 0.5) is 0 Å². The van der Waals surface area contributed by atoms with Crippen molar-refractivity contribution in [1.29, 1.82) is 0 Å². The van der Waals surface area contributed by atoms with Gasteiger partial charge in [0.15, 0.2) is 0 Å². The van der Waals surface area contributed by atoms with Gasteiger partial charge in [-0.3, -0.25) is 14.4 Å². The van der Waals surface area contributed by atoms with E-state index in [0.29, 0.717) is 25.9 Å². The van der Waals surface area contributed by atoms with Gasteiger partial charge in [-0.25, -0.2) is 0 Å². The van der Waals surface area contributed by atoms with Gasteiger partial charge in [0, 0.05) is 12.8 Å². The van der Waals surface area contributed by atoms with Gasteiger partial charge >= 0.3 is 5.97 Å². The lowest BCUT2D eigenvalue weighted by Crippen LogP contribution is -2.42. The molecule has 0 fully saturated rings. The van der Waals surface area contributed by atoms with Crippen molar-refractivity contribution in [1.82, 2.24) is 10.6 Å². The summed E-state index contributed by atoms with van der Waals surface area (Å²) >= 11 is 0. The first-order chi connectivity index (χ1) is 21.5. The molecule has 0 aliphatic carbocycles. The number of aliphatic hydroxyl groups is 1. The average Bonchev–Trinajstić information content (AvgIpc) is 3.05. The Morgan fingerprint density at radius 1 is 0.932 bits per heavy atom. The topological polar surface area (TPSA) is 114 Å². The van der Waals surface area contributed by atoms with Crippen LogP contribution in [0.3, 0.4) is 0 Å². The Balaban J connectivity index is 1.36. The van der Waals surface area contributed by atoms with E-state index in [-0.39, 0.29) is 37.4 Å². The summed E-state index contributed by atoms with van der Waals surface area (Å²) in [5.74, 6) is -0.792. The number of rotatable bonds is 10. The fraction of sp³-hybridized carbons (Fsp3) is 0.361. The minimum atomic E-state index is -0.628. The highest BCUT2D eigenvalue weighted by atomic mass is 16.5. The molecule has 3 aromatic rings. The Kier molecular flexibility index (Phi) is 13.0. The van der Waals surface area contributed by atoms with Crippen molar-refractivity contribution in [2.24, 2.45) is 5.92 Å². The summed E-state index contributed by atoms with van der Waals surface area (Å²) in [6.45, 7) is 0.249. The van der Waals surface area contributed by atoms with Gasteiger partial charge in [0.2, 0.25) is 11.8 Å². The van der Waals surface area contributed by atoms with E-state index in [4.69, 9.17) is 9.47 Å². The predicted octanol–water partition coefficient (Wildman–Crippen LogP) is 5.21. The molecule has 0 aromatic heterocycles. The van der Waals surface area contributed by atoms with E-state index in [0.717, 1.165) is 41.7 Å². The van der Waals surface area contributed by atoms with Crippen LogP contribution in [0.2, 0.25) is 0 Å². The SMILES string of the molecule is O=C(CC1CC=CCCCCC(=O)OCC(c2ccccc2)NC1=O)NC(CO)Cc1ccc(OCc2ccccc2)cc1. The average molecular weight is 599 g/mol. The number of nitrogens with one attached hydrogen (secondary N) is 2. The molecule has 1 aliphatic heterocycles. The second-order valence-corrected chi connectivity index (χ2v) is 11.1. The maximum absolute atomic E-state index is 13.5. The van der Waals surface area contributed by atoms with Crippen molar-refractivity contribution in [2.75, 3.05) is 13.2 Å². The fourth-order valence-corrected chi connectivity index (χ4v) is 5.06. The van der Waals surface area contributed by atoms with Crippen LogP contribution in [0, 0.1) is 5.92 Å². The monoisotopic (exact) mass is 598 g/mol. The number of allylic oxidation sites excluding steroid dienone is 2. The first kappa shape index (κ1) is 32.5. The summed E-state index contributed by atoms with van der Waals surface area (Å²) in [6, 6.07) is 25.8. The number of hydrogen-bond acceptors (Lipinski definition) is 6. The van der Waals surface area contributed by atoms with Gasteiger partial charge < -0.3 is 25.2 Å². The Labute approximate surface area is 259 Å². The number of benzene rings is 3. The quantitative estimate of drug-likeness (QED) is 0.218. The molecule has 0 spiro atoms. The highest BCUT2D eigenvalue weighted by Gasteiger charge is 2.26. The Hall–Kier alpha value is -4.43. The number of cyclic esters (lactones) is 1. The third-order valence-corrected chi connectivity index (χ3v) is 7.56. The fourth-order valence-electron chi connectivity index (χ4n) is 5.06. The number of carbonyl (C=O) groups is 3. The van der Waals surface area contributed by atoms with E-state index >= 15 is 0 Å². The van der Waals surface area contributed by atoms with Crippen LogP contribution in [-0.2, 0) is 32.1 Å². The summed E-state index contributed by atoms with van der Waals surface area (Å²) in [6.07, 6.45) is 7.40. The van der Waals surface area contributed by atoms with Crippen LogP contribution in [0.25, 0.3) is 0 Å². The van der Waals surface area contributed by atoms with Crippen molar-refractivity contribution in [3.8, 4) is 5.75 Å². The number of esters is 1. The minimum Gasteiger partial charge on any atom is -0.489 e. The van der Waals surface area contributed by atoms with Crippen LogP contribution < -0.4 is 15.4 Å².